The number of nitrogens with one attached hydrogen (secondary N) is 2. The maximum atomic E-state index is 11.8. The summed E-state index contributed by atoms with van der Waals surface area (Å²) in [6, 6.07) is 7.84. The first-order valence-electron chi connectivity index (χ1n) is 7.09. The molecule has 2 N–H and O–H groups in total. The lowest BCUT2D eigenvalue weighted by Crippen LogP contribution is -2.51. The molecule has 1 fully saturated rings. The summed E-state index contributed by atoms with van der Waals surface area (Å²) in [7, 11) is 0. The summed E-state index contributed by atoms with van der Waals surface area (Å²) in [4.78, 5) is 34.0. The monoisotopic (exact) mass is 357 g/mol. The average molecular weight is 357 g/mol. The first-order chi connectivity index (χ1) is 11.8. The van der Waals surface area contributed by atoms with Gasteiger partial charge in [0, 0.05) is 17.2 Å². The SMILES string of the molecule is Cc1cc(-c2ccc(C=C3C(=O)NC(=S)NC3=O)o2)ccc1[N+](=O)[O-]. The topological polar surface area (TPSA) is 114 Å². The molecule has 0 saturated carbocycles. The van der Waals surface area contributed by atoms with Gasteiger partial charge in [0.05, 0.1) is 4.92 Å². The van der Waals surface area contributed by atoms with Crippen molar-refractivity contribution in [1.82, 2.24) is 10.6 Å². The fraction of sp³-hybridized carbons (Fsp3) is 0.0625. The fourth-order valence-corrected chi connectivity index (χ4v) is 2.53. The van der Waals surface area contributed by atoms with Crippen LogP contribution in [0.2, 0.25) is 0 Å². The standard InChI is InChI=1S/C16H11N3O5S/c1-8-6-9(2-4-12(8)19(22)23)13-5-3-10(24-13)7-11-14(20)17-16(25)18-15(11)21/h2-7H,1H3,(H2,17,18,20,21,25). The Bertz CT molecular complexity index is 938. The van der Waals surface area contributed by atoms with E-state index in [9.17, 15) is 19.7 Å². The molecule has 9 heteroatoms. The number of hydrogen-bond acceptors (Lipinski definition) is 6. The number of amides is 2. The van der Waals surface area contributed by atoms with Crippen molar-refractivity contribution >= 4 is 40.9 Å². The van der Waals surface area contributed by atoms with Gasteiger partial charge in [0.15, 0.2) is 5.11 Å². The minimum atomic E-state index is -0.613. The van der Waals surface area contributed by atoms with Crippen molar-refractivity contribution < 1.29 is 18.9 Å². The van der Waals surface area contributed by atoms with Gasteiger partial charge in [0.2, 0.25) is 0 Å². The first-order valence-corrected chi connectivity index (χ1v) is 7.49. The second-order valence-electron chi connectivity index (χ2n) is 5.26. The van der Waals surface area contributed by atoms with Crippen molar-refractivity contribution in [2.24, 2.45) is 0 Å². The van der Waals surface area contributed by atoms with Crippen LogP contribution in [0.5, 0.6) is 0 Å². The van der Waals surface area contributed by atoms with Gasteiger partial charge in [-0.25, -0.2) is 0 Å². The molecule has 2 aromatic rings. The molecule has 0 atom stereocenters. The van der Waals surface area contributed by atoms with Crippen molar-refractivity contribution in [3.05, 3.63) is 57.3 Å². The van der Waals surface area contributed by atoms with E-state index < -0.39 is 16.7 Å². The number of aryl methyl sites for hydroxylation is 1. The molecule has 126 valence electrons. The molecule has 1 saturated heterocycles. The summed E-state index contributed by atoms with van der Waals surface area (Å²) in [5.74, 6) is -0.480. The number of hydrogen-bond donors (Lipinski definition) is 2. The van der Waals surface area contributed by atoms with Crippen LogP contribution >= 0.6 is 12.2 Å². The molecule has 8 nitrogen and oxygen atoms in total. The van der Waals surface area contributed by atoms with Crippen LogP contribution in [0.15, 0.2) is 40.3 Å². The normalized spacial score (nSPS) is 14.1. The molecule has 3 rings (SSSR count). The second-order valence-corrected chi connectivity index (χ2v) is 5.66. The van der Waals surface area contributed by atoms with Crippen LogP contribution in [-0.4, -0.2) is 21.9 Å². The predicted molar refractivity (Wildman–Crippen MR) is 92.4 cm³/mol. The maximum Gasteiger partial charge on any atom is 0.272 e. The third-order valence-electron chi connectivity index (χ3n) is 3.53. The van der Waals surface area contributed by atoms with Crippen molar-refractivity contribution in [3.63, 3.8) is 0 Å². The quantitative estimate of drug-likeness (QED) is 0.286. The van der Waals surface area contributed by atoms with Gasteiger partial charge in [-0.1, -0.05) is 0 Å². The Hall–Kier alpha value is -3.33. The van der Waals surface area contributed by atoms with Gasteiger partial charge in [-0.3, -0.25) is 30.3 Å². The molecule has 1 aromatic heterocycles. The van der Waals surface area contributed by atoms with E-state index in [1.165, 1.54) is 12.1 Å². The smallest absolute Gasteiger partial charge is 0.272 e. The number of thiocarbonyl (C=S) groups is 1. The Morgan fingerprint density at radius 2 is 1.84 bits per heavy atom. The van der Waals surface area contributed by atoms with Crippen LogP contribution in [-0.2, 0) is 9.59 Å². The van der Waals surface area contributed by atoms with Crippen molar-refractivity contribution in [2.45, 2.75) is 6.92 Å². The van der Waals surface area contributed by atoms with Crippen molar-refractivity contribution in [3.8, 4) is 11.3 Å². The number of carbonyl (C=O) groups is 2. The van der Waals surface area contributed by atoms with Gasteiger partial charge in [0.1, 0.15) is 17.1 Å². The maximum absolute atomic E-state index is 11.8. The number of rotatable bonds is 3. The third-order valence-corrected chi connectivity index (χ3v) is 3.74. The van der Waals surface area contributed by atoms with Gasteiger partial charge in [-0.05, 0) is 49.5 Å². The van der Waals surface area contributed by atoms with Crippen LogP contribution < -0.4 is 10.6 Å². The molecular formula is C16H11N3O5S. The van der Waals surface area contributed by atoms with Crippen LogP contribution in [0.4, 0.5) is 5.69 Å². The third kappa shape index (κ3) is 3.31. The highest BCUT2D eigenvalue weighted by molar-refractivity contribution is 7.80. The van der Waals surface area contributed by atoms with E-state index in [0.717, 1.165) is 0 Å². The number of nitrogens with zero attached hydrogens (tertiary/aromatic N) is 1. The molecule has 0 aliphatic carbocycles. The van der Waals surface area contributed by atoms with Crippen molar-refractivity contribution in [2.75, 3.05) is 0 Å². The van der Waals surface area contributed by atoms with E-state index in [0.29, 0.717) is 22.6 Å². The Labute approximate surface area is 146 Å². The van der Waals surface area contributed by atoms with E-state index in [2.05, 4.69) is 10.6 Å². The molecule has 0 spiro atoms. The second kappa shape index (κ2) is 6.29. The summed E-state index contributed by atoms with van der Waals surface area (Å²) in [5.41, 5.74) is 1.03. The number of benzene rings is 1. The van der Waals surface area contributed by atoms with Crippen molar-refractivity contribution in [1.29, 1.82) is 0 Å². The highest BCUT2D eigenvalue weighted by atomic mass is 32.1. The van der Waals surface area contributed by atoms with Gasteiger partial charge >= 0.3 is 0 Å². The summed E-state index contributed by atoms with van der Waals surface area (Å²) in [6.45, 7) is 1.63. The first kappa shape index (κ1) is 16.5. The number of nitro benzene ring substituents is 1. The van der Waals surface area contributed by atoms with Gasteiger partial charge in [-0.15, -0.1) is 0 Å². The summed E-state index contributed by atoms with van der Waals surface area (Å²) < 4.78 is 5.61. The van der Waals surface area contributed by atoms with E-state index in [-0.39, 0.29) is 16.4 Å². The molecule has 1 aliphatic rings. The Morgan fingerprint density at radius 3 is 2.44 bits per heavy atom. The minimum Gasteiger partial charge on any atom is -0.457 e. The highest BCUT2D eigenvalue weighted by Gasteiger charge is 2.26. The zero-order valence-corrected chi connectivity index (χ0v) is 13.7. The minimum absolute atomic E-state index is 0.0177. The number of carbonyl (C=O) groups excluding carboxylic acids is 2. The molecule has 2 heterocycles. The summed E-state index contributed by atoms with van der Waals surface area (Å²) in [5, 5.41) is 15.5. The van der Waals surface area contributed by atoms with Crippen LogP contribution in [0.25, 0.3) is 17.4 Å². The Balaban J connectivity index is 1.90. The van der Waals surface area contributed by atoms with Crippen LogP contribution in [0.3, 0.4) is 0 Å². The average Bonchev–Trinajstić information content (AvgIpc) is 2.99. The summed E-state index contributed by atoms with van der Waals surface area (Å²) >= 11 is 4.72. The highest BCUT2D eigenvalue weighted by Crippen LogP contribution is 2.28. The molecule has 0 unspecified atom stereocenters. The molecule has 2 amide bonds. The largest absolute Gasteiger partial charge is 0.457 e. The fourth-order valence-electron chi connectivity index (χ4n) is 2.35. The van der Waals surface area contributed by atoms with E-state index in [1.54, 1.807) is 31.2 Å². The zero-order valence-electron chi connectivity index (χ0n) is 12.9. The van der Waals surface area contributed by atoms with Gasteiger partial charge < -0.3 is 4.42 Å². The lowest BCUT2D eigenvalue weighted by atomic mass is 10.1. The van der Waals surface area contributed by atoms with Crippen LogP contribution in [0.1, 0.15) is 11.3 Å². The Morgan fingerprint density at radius 1 is 1.16 bits per heavy atom. The number of nitro groups is 1. The molecular weight excluding hydrogens is 346 g/mol. The molecule has 25 heavy (non-hydrogen) atoms. The zero-order chi connectivity index (χ0) is 18.1. The van der Waals surface area contributed by atoms with Gasteiger partial charge in [0.25, 0.3) is 17.5 Å². The molecule has 0 radical (unpaired) electrons. The summed E-state index contributed by atoms with van der Waals surface area (Å²) in [6.07, 6.45) is 1.30. The molecule has 0 bridgehead atoms. The predicted octanol–water partition coefficient (Wildman–Crippen LogP) is 2.08. The lowest BCUT2D eigenvalue weighted by Gasteiger charge is -2.15. The van der Waals surface area contributed by atoms with E-state index in [1.807, 2.05) is 0 Å². The molecule has 1 aliphatic heterocycles. The van der Waals surface area contributed by atoms with E-state index in [4.69, 9.17) is 16.6 Å². The molecule has 1 aromatic carbocycles. The Kier molecular flexibility index (Phi) is 4.15. The van der Waals surface area contributed by atoms with Gasteiger partial charge in [-0.2, -0.15) is 0 Å². The lowest BCUT2D eigenvalue weighted by molar-refractivity contribution is -0.385. The van der Waals surface area contributed by atoms with E-state index >= 15 is 0 Å². The van der Waals surface area contributed by atoms with Crippen LogP contribution in [0, 0.1) is 17.0 Å². The number of furan rings is 1.